The Bertz CT molecular complexity index is 694. The first kappa shape index (κ1) is 18.5. The minimum atomic E-state index is -0.219. The molecule has 1 heterocycles. The van der Waals surface area contributed by atoms with Crippen LogP contribution >= 0.6 is 0 Å². The highest BCUT2D eigenvalue weighted by Gasteiger charge is 2.21. The Morgan fingerprint density at radius 2 is 2.08 bits per heavy atom. The minimum Gasteiger partial charge on any atom is -0.369 e. The molecule has 1 saturated heterocycles. The van der Waals surface area contributed by atoms with E-state index < -0.39 is 0 Å². The van der Waals surface area contributed by atoms with E-state index in [9.17, 15) is 4.79 Å². The highest BCUT2D eigenvalue weighted by atomic mass is 16.1. The van der Waals surface area contributed by atoms with Crippen LogP contribution in [0.4, 0.5) is 5.69 Å². The first-order valence-corrected chi connectivity index (χ1v) is 9.60. The second kappa shape index (κ2) is 8.86. The van der Waals surface area contributed by atoms with E-state index in [4.69, 9.17) is 5.26 Å². The van der Waals surface area contributed by atoms with Gasteiger partial charge in [0.15, 0.2) is 0 Å². The fourth-order valence-corrected chi connectivity index (χ4v) is 3.32. The van der Waals surface area contributed by atoms with Crippen molar-refractivity contribution in [1.29, 1.82) is 5.26 Å². The topological polar surface area (TPSA) is 59.4 Å². The molecule has 1 saturated carbocycles. The SMILES string of the molecule is Cc1cccc(N2CCN(CCCNC(=O)/C(C#N)=C\C3CC3)CC2)c1. The third-order valence-corrected chi connectivity index (χ3v) is 5.07. The molecular formula is C21H28N4O. The third-order valence-electron chi connectivity index (χ3n) is 5.07. The predicted octanol–water partition coefficient (Wildman–Crippen LogP) is 2.48. The molecule has 0 aromatic heterocycles. The van der Waals surface area contributed by atoms with Crippen molar-refractivity contribution in [2.24, 2.45) is 5.92 Å². The van der Waals surface area contributed by atoms with Gasteiger partial charge in [0.1, 0.15) is 11.6 Å². The van der Waals surface area contributed by atoms with Gasteiger partial charge in [0.25, 0.3) is 5.91 Å². The van der Waals surface area contributed by atoms with Crippen molar-refractivity contribution in [2.45, 2.75) is 26.2 Å². The molecule has 0 unspecified atom stereocenters. The fourth-order valence-electron chi connectivity index (χ4n) is 3.32. The van der Waals surface area contributed by atoms with Crippen LogP contribution in [0.15, 0.2) is 35.9 Å². The lowest BCUT2D eigenvalue weighted by molar-refractivity contribution is -0.117. The second-order valence-corrected chi connectivity index (χ2v) is 7.31. The van der Waals surface area contributed by atoms with Crippen molar-refractivity contribution in [3.63, 3.8) is 0 Å². The molecule has 1 N–H and O–H groups in total. The molecule has 3 rings (SSSR count). The summed E-state index contributed by atoms with van der Waals surface area (Å²) < 4.78 is 0. The maximum Gasteiger partial charge on any atom is 0.261 e. The van der Waals surface area contributed by atoms with E-state index in [0.717, 1.165) is 52.0 Å². The number of allylic oxidation sites excluding steroid dienone is 1. The normalized spacial score (nSPS) is 18.5. The van der Waals surface area contributed by atoms with E-state index in [0.29, 0.717) is 12.5 Å². The lowest BCUT2D eigenvalue weighted by Crippen LogP contribution is -2.47. The van der Waals surface area contributed by atoms with Crippen LogP contribution in [0.3, 0.4) is 0 Å². The predicted molar refractivity (Wildman–Crippen MR) is 104 cm³/mol. The van der Waals surface area contributed by atoms with Gasteiger partial charge in [0.2, 0.25) is 0 Å². The summed E-state index contributed by atoms with van der Waals surface area (Å²) >= 11 is 0. The van der Waals surface area contributed by atoms with Crippen molar-refractivity contribution in [2.75, 3.05) is 44.2 Å². The molecule has 1 aliphatic heterocycles. The van der Waals surface area contributed by atoms with Crippen LogP contribution in [-0.4, -0.2) is 50.1 Å². The van der Waals surface area contributed by atoms with E-state index in [1.165, 1.54) is 11.3 Å². The number of benzene rings is 1. The first-order valence-electron chi connectivity index (χ1n) is 9.60. The number of hydrogen-bond acceptors (Lipinski definition) is 4. The number of rotatable bonds is 7. The van der Waals surface area contributed by atoms with Gasteiger partial charge in [0, 0.05) is 38.4 Å². The van der Waals surface area contributed by atoms with Gasteiger partial charge in [-0.05, 0) is 56.3 Å². The molecule has 138 valence electrons. The summed E-state index contributed by atoms with van der Waals surface area (Å²) in [6.07, 6.45) is 4.94. The monoisotopic (exact) mass is 352 g/mol. The summed E-state index contributed by atoms with van der Waals surface area (Å²) in [5.41, 5.74) is 2.89. The number of hydrogen-bond donors (Lipinski definition) is 1. The van der Waals surface area contributed by atoms with Crippen molar-refractivity contribution < 1.29 is 4.79 Å². The number of nitrogens with one attached hydrogen (secondary N) is 1. The van der Waals surface area contributed by atoms with E-state index in [1.54, 1.807) is 0 Å². The molecule has 2 aliphatic rings. The first-order chi connectivity index (χ1) is 12.7. The van der Waals surface area contributed by atoms with Crippen LogP contribution in [0.1, 0.15) is 24.8 Å². The second-order valence-electron chi connectivity index (χ2n) is 7.31. The molecule has 0 radical (unpaired) electrons. The lowest BCUT2D eigenvalue weighted by atomic mass is 10.2. The highest BCUT2D eigenvalue weighted by Crippen LogP contribution is 2.31. The standard InChI is InChI=1S/C21H28N4O/c1-17-4-2-5-20(14-17)25-12-10-24(11-13-25)9-3-8-23-21(26)19(16-22)15-18-6-7-18/h2,4-5,14-15,18H,3,6-13H2,1H3,(H,23,26)/b19-15-. The van der Waals surface area contributed by atoms with Crippen LogP contribution in [0, 0.1) is 24.2 Å². The Hall–Kier alpha value is -2.32. The zero-order valence-corrected chi connectivity index (χ0v) is 15.6. The molecular weight excluding hydrogens is 324 g/mol. The highest BCUT2D eigenvalue weighted by molar-refractivity contribution is 5.97. The van der Waals surface area contributed by atoms with Gasteiger partial charge in [-0.25, -0.2) is 0 Å². The number of amides is 1. The number of anilines is 1. The maximum absolute atomic E-state index is 12.0. The fraction of sp³-hybridized carbons (Fsp3) is 0.524. The Morgan fingerprint density at radius 3 is 2.73 bits per heavy atom. The maximum atomic E-state index is 12.0. The number of nitriles is 1. The van der Waals surface area contributed by atoms with Gasteiger partial charge in [-0.1, -0.05) is 18.2 Å². The van der Waals surface area contributed by atoms with Crippen LogP contribution in [0.2, 0.25) is 0 Å². The molecule has 0 spiro atoms. The van der Waals surface area contributed by atoms with E-state index in [-0.39, 0.29) is 11.5 Å². The molecule has 5 nitrogen and oxygen atoms in total. The minimum absolute atomic E-state index is 0.219. The van der Waals surface area contributed by atoms with Gasteiger partial charge >= 0.3 is 0 Å². The number of carbonyl (C=O) groups is 1. The summed E-state index contributed by atoms with van der Waals surface area (Å²) in [4.78, 5) is 16.9. The van der Waals surface area contributed by atoms with Crippen molar-refractivity contribution in [3.8, 4) is 6.07 Å². The Balaban J connectivity index is 1.34. The molecule has 0 atom stereocenters. The van der Waals surface area contributed by atoms with E-state index >= 15 is 0 Å². The number of carbonyl (C=O) groups excluding carboxylic acids is 1. The molecule has 1 amide bonds. The average Bonchev–Trinajstić information content (AvgIpc) is 3.48. The number of aryl methyl sites for hydroxylation is 1. The van der Waals surface area contributed by atoms with Crippen LogP contribution in [0.5, 0.6) is 0 Å². The van der Waals surface area contributed by atoms with Gasteiger partial charge in [-0.3, -0.25) is 9.69 Å². The smallest absolute Gasteiger partial charge is 0.261 e. The van der Waals surface area contributed by atoms with Crippen LogP contribution in [0.25, 0.3) is 0 Å². The molecule has 1 aliphatic carbocycles. The largest absolute Gasteiger partial charge is 0.369 e. The van der Waals surface area contributed by atoms with E-state index in [2.05, 4.69) is 46.3 Å². The van der Waals surface area contributed by atoms with Crippen molar-refractivity contribution in [1.82, 2.24) is 10.2 Å². The lowest BCUT2D eigenvalue weighted by Gasteiger charge is -2.36. The van der Waals surface area contributed by atoms with Gasteiger partial charge < -0.3 is 10.2 Å². The van der Waals surface area contributed by atoms with Crippen LogP contribution < -0.4 is 10.2 Å². The summed E-state index contributed by atoms with van der Waals surface area (Å²) in [6, 6.07) is 10.7. The van der Waals surface area contributed by atoms with Gasteiger partial charge in [-0.2, -0.15) is 5.26 Å². The van der Waals surface area contributed by atoms with Crippen LogP contribution in [-0.2, 0) is 4.79 Å². The quantitative estimate of drug-likeness (QED) is 0.465. The Morgan fingerprint density at radius 1 is 1.31 bits per heavy atom. The molecule has 1 aromatic rings. The molecule has 1 aromatic carbocycles. The van der Waals surface area contributed by atoms with Crippen molar-refractivity contribution >= 4 is 11.6 Å². The molecule has 0 bridgehead atoms. The summed E-state index contributed by atoms with van der Waals surface area (Å²) in [6.45, 7) is 7.92. The molecule has 2 fully saturated rings. The zero-order valence-electron chi connectivity index (χ0n) is 15.6. The molecule has 5 heteroatoms. The summed E-state index contributed by atoms with van der Waals surface area (Å²) in [7, 11) is 0. The molecule has 26 heavy (non-hydrogen) atoms. The third kappa shape index (κ3) is 5.34. The number of nitrogens with zero attached hydrogens (tertiary/aromatic N) is 3. The zero-order chi connectivity index (χ0) is 18.4. The van der Waals surface area contributed by atoms with E-state index in [1.807, 2.05) is 12.1 Å². The van der Waals surface area contributed by atoms with Gasteiger partial charge in [0.05, 0.1) is 0 Å². The number of piperazine rings is 1. The average molecular weight is 352 g/mol. The summed E-state index contributed by atoms with van der Waals surface area (Å²) in [5.74, 6) is 0.226. The Kier molecular flexibility index (Phi) is 6.30. The van der Waals surface area contributed by atoms with Crippen molar-refractivity contribution in [3.05, 3.63) is 41.5 Å². The Labute approximate surface area is 156 Å². The van der Waals surface area contributed by atoms with Gasteiger partial charge in [-0.15, -0.1) is 0 Å². The summed E-state index contributed by atoms with van der Waals surface area (Å²) in [5, 5.41) is 12.0.